The van der Waals surface area contributed by atoms with Crippen LogP contribution in [-0.2, 0) is 16.1 Å². The Labute approximate surface area is 105 Å². The third-order valence-electron chi connectivity index (χ3n) is 2.93. The Kier molecular flexibility index (Phi) is 3.50. The molecular formula is C13H16N2O3. The molecule has 1 aliphatic heterocycles. The number of phenols is 1. The molecule has 2 N–H and O–H groups in total. The molecule has 0 aromatic heterocycles. The predicted octanol–water partition coefficient (Wildman–Crippen LogP) is 1.47. The Morgan fingerprint density at radius 2 is 2.28 bits per heavy atom. The lowest BCUT2D eigenvalue weighted by atomic mass is 10.1. The second kappa shape index (κ2) is 5.08. The molecule has 2 amide bonds. The third kappa shape index (κ3) is 2.80. The van der Waals surface area contributed by atoms with Crippen LogP contribution < -0.4 is 5.32 Å². The maximum Gasteiger partial charge on any atom is 0.222 e. The number of amides is 2. The van der Waals surface area contributed by atoms with Crippen molar-refractivity contribution in [2.45, 2.75) is 26.3 Å². The van der Waals surface area contributed by atoms with E-state index in [1.54, 1.807) is 17.0 Å². The van der Waals surface area contributed by atoms with Crippen LogP contribution >= 0.6 is 0 Å². The molecule has 0 saturated carbocycles. The molecule has 0 atom stereocenters. The van der Waals surface area contributed by atoms with Crippen molar-refractivity contribution >= 4 is 17.5 Å². The van der Waals surface area contributed by atoms with Gasteiger partial charge in [0.25, 0.3) is 0 Å². The second-order valence-electron chi connectivity index (χ2n) is 4.44. The van der Waals surface area contributed by atoms with Crippen molar-refractivity contribution in [2.24, 2.45) is 0 Å². The van der Waals surface area contributed by atoms with Gasteiger partial charge in [0.15, 0.2) is 0 Å². The zero-order chi connectivity index (χ0) is 13.1. The summed E-state index contributed by atoms with van der Waals surface area (Å²) in [5.74, 6) is 0.0898. The van der Waals surface area contributed by atoms with Gasteiger partial charge in [-0.1, -0.05) is 0 Å². The van der Waals surface area contributed by atoms with Gasteiger partial charge < -0.3 is 15.3 Å². The summed E-state index contributed by atoms with van der Waals surface area (Å²) in [6.45, 7) is 2.54. The second-order valence-corrected chi connectivity index (χ2v) is 4.44. The quantitative estimate of drug-likeness (QED) is 0.796. The van der Waals surface area contributed by atoms with E-state index < -0.39 is 0 Å². The Hall–Kier alpha value is -2.04. The maximum absolute atomic E-state index is 11.5. The number of nitrogens with zero attached hydrogens (tertiary/aromatic N) is 1. The molecule has 5 heteroatoms. The number of nitrogens with one attached hydrogen (secondary N) is 1. The lowest BCUT2D eigenvalue weighted by Crippen LogP contribution is -2.23. The van der Waals surface area contributed by atoms with Gasteiger partial charge in [-0.25, -0.2) is 0 Å². The van der Waals surface area contributed by atoms with E-state index in [-0.39, 0.29) is 17.6 Å². The number of benzene rings is 1. The number of carbonyl (C=O) groups excluding carboxylic acids is 2. The SMILES string of the molecule is CC(=O)Nc1ccc(O)c(CN2CCCC2=O)c1. The van der Waals surface area contributed by atoms with Gasteiger partial charge in [0.05, 0.1) is 0 Å². The zero-order valence-electron chi connectivity index (χ0n) is 10.3. The van der Waals surface area contributed by atoms with Gasteiger partial charge in [0.1, 0.15) is 5.75 Å². The highest BCUT2D eigenvalue weighted by Gasteiger charge is 2.21. The molecule has 1 aromatic carbocycles. The number of carbonyl (C=O) groups is 2. The Morgan fingerprint density at radius 3 is 2.89 bits per heavy atom. The van der Waals surface area contributed by atoms with Gasteiger partial charge in [0, 0.05) is 37.7 Å². The highest BCUT2D eigenvalue weighted by Crippen LogP contribution is 2.24. The van der Waals surface area contributed by atoms with Crippen LogP contribution in [-0.4, -0.2) is 28.4 Å². The van der Waals surface area contributed by atoms with E-state index in [0.29, 0.717) is 24.2 Å². The van der Waals surface area contributed by atoms with Gasteiger partial charge in [-0.15, -0.1) is 0 Å². The lowest BCUT2D eigenvalue weighted by Gasteiger charge is -2.17. The molecule has 1 heterocycles. The van der Waals surface area contributed by atoms with Crippen LogP contribution in [0.2, 0.25) is 0 Å². The number of hydrogen-bond donors (Lipinski definition) is 2. The summed E-state index contributed by atoms with van der Waals surface area (Å²) < 4.78 is 0. The first kappa shape index (κ1) is 12.4. The summed E-state index contributed by atoms with van der Waals surface area (Å²) >= 11 is 0. The molecule has 5 nitrogen and oxygen atoms in total. The molecule has 1 aliphatic rings. The highest BCUT2D eigenvalue weighted by atomic mass is 16.3. The highest BCUT2D eigenvalue weighted by molar-refractivity contribution is 5.88. The van der Waals surface area contributed by atoms with E-state index in [0.717, 1.165) is 13.0 Å². The Morgan fingerprint density at radius 1 is 1.50 bits per heavy atom. The lowest BCUT2D eigenvalue weighted by molar-refractivity contribution is -0.128. The van der Waals surface area contributed by atoms with Crippen molar-refractivity contribution in [1.82, 2.24) is 4.90 Å². The fraction of sp³-hybridized carbons (Fsp3) is 0.385. The van der Waals surface area contributed by atoms with Gasteiger partial charge in [-0.2, -0.15) is 0 Å². The minimum atomic E-state index is -0.163. The summed E-state index contributed by atoms with van der Waals surface area (Å²) in [4.78, 5) is 24.2. The molecule has 0 radical (unpaired) electrons. The summed E-state index contributed by atoms with van der Waals surface area (Å²) in [6.07, 6.45) is 1.44. The van der Waals surface area contributed by atoms with E-state index in [9.17, 15) is 14.7 Å². The van der Waals surface area contributed by atoms with Crippen LogP contribution in [0.3, 0.4) is 0 Å². The number of aromatic hydroxyl groups is 1. The van der Waals surface area contributed by atoms with Crippen molar-refractivity contribution in [2.75, 3.05) is 11.9 Å². The Balaban J connectivity index is 2.15. The number of phenolic OH excluding ortho intramolecular Hbond substituents is 1. The zero-order valence-corrected chi connectivity index (χ0v) is 10.3. The number of hydrogen-bond acceptors (Lipinski definition) is 3. The van der Waals surface area contributed by atoms with Crippen LogP contribution in [0, 0.1) is 0 Å². The minimum Gasteiger partial charge on any atom is -0.508 e. The summed E-state index contributed by atoms with van der Waals surface area (Å²) in [5, 5.41) is 12.4. The van der Waals surface area contributed by atoms with Crippen molar-refractivity contribution in [3.8, 4) is 5.75 Å². The average molecular weight is 248 g/mol. The standard InChI is InChI=1S/C13H16N2O3/c1-9(16)14-11-4-5-12(17)10(7-11)8-15-6-2-3-13(15)18/h4-5,7,17H,2-3,6,8H2,1H3,(H,14,16). The topological polar surface area (TPSA) is 69.6 Å². The van der Waals surface area contributed by atoms with Crippen molar-refractivity contribution < 1.29 is 14.7 Å². The van der Waals surface area contributed by atoms with Crippen LogP contribution in [0.4, 0.5) is 5.69 Å². The number of rotatable bonds is 3. The summed E-state index contributed by atoms with van der Waals surface area (Å²) in [6, 6.07) is 4.86. The van der Waals surface area contributed by atoms with Crippen molar-refractivity contribution in [3.63, 3.8) is 0 Å². The van der Waals surface area contributed by atoms with Crippen LogP contribution in [0.15, 0.2) is 18.2 Å². The Bertz CT molecular complexity index is 485. The van der Waals surface area contributed by atoms with Gasteiger partial charge >= 0.3 is 0 Å². The fourth-order valence-corrected chi connectivity index (χ4v) is 2.07. The van der Waals surface area contributed by atoms with E-state index in [1.165, 1.54) is 13.0 Å². The van der Waals surface area contributed by atoms with Crippen molar-refractivity contribution in [3.05, 3.63) is 23.8 Å². The monoisotopic (exact) mass is 248 g/mol. The minimum absolute atomic E-state index is 0.110. The van der Waals surface area contributed by atoms with E-state index in [4.69, 9.17) is 0 Å². The first-order valence-electron chi connectivity index (χ1n) is 5.93. The molecule has 18 heavy (non-hydrogen) atoms. The van der Waals surface area contributed by atoms with E-state index in [2.05, 4.69) is 5.32 Å². The largest absolute Gasteiger partial charge is 0.508 e. The van der Waals surface area contributed by atoms with Crippen LogP contribution in [0.1, 0.15) is 25.3 Å². The van der Waals surface area contributed by atoms with E-state index in [1.807, 2.05) is 0 Å². The van der Waals surface area contributed by atoms with Crippen LogP contribution in [0.5, 0.6) is 5.75 Å². The first-order chi connectivity index (χ1) is 8.56. The smallest absolute Gasteiger partial charge is 0.222 e. The predicted molar refractivity (Wildman–Crippen MR) is 67.1 cm³/mol. The molecule has 1 saturated heterocycles. The normalized spacial score (nSPS) is 14.9. The van der Waals surface area contributed by atoms with Crippen molar-refractivity contribution in [1.29, 1.82) is 0 Å². The van der Waals surface area contributed by atoms with Gasteiger partial charge in [-0.05, 0) is 24.6 Å². The number of likely N-dealkylation sites (tertiary alicyclic amines) is 1. The third-order valence-corrected chi connectivity index (χ3v) is 2.93. The molecule has 1 aromatic rings. The molecule has 0 unspecified atom stereocenters. The van der Waals surface area contributed by atoms with Gasteiger partial charge in [-0.3, -0.25) is 9.59 Å². The molecule has 0 spiro atoms. The molecule has 0 aliphatic carbocycles. The molecular weight excluding hydrogens is 232 g/mol. The van der Waals surface area contributed by atoms with Gasteiger partial charge in [0.2, 0.25) is 11.8 Å². The molecule has 2 rings (SSSR count). The average Bonchev–Trinajstić information content (AvgIpc) is 2.69. The van der Waals surface area contributed by atoms with Crippen LogP contribution in [0.25, 0.3) is 0 Å². The molecule has 1 fully saturated rings. The fourth-order valence-electron chi connectivity index (χ4n) is 2.07. The first-order valence-corrected chi connectivity index (χ1v) is 5.93. The summed E-state index contributed by atoms with van der Waals surface area (Å²) in [7, 11) is 0. The van der Waals surface area contributed by atoms with E-state index >= 15 is 0 Å². The molecule has 0 bridgehead atoms. The maximum atomic E-state index is 11.5. The molecule has 96 valence electrons. The number of anilines is 1. The summed E-state index contributed by atoms with van der Waals surface area (Å²) in [5.41, 5.74) is 1.28.